The first kappa shape index (κ1) is 13.1. The molecule has 2 amide bonds. The van der Waals surface area contributed by atoms with Crippen LogP contribution < -0.4 is 5.43 Å². The molecule has 102 valence electrons. The van der Waals surface area contributed by atoms with Crippen molar-refractivity contribution in [3.8, 4) is 0 Å². The number of aliphatic carboxylic acids is 1. The van der Waals surface area contributed by atoms with Gasteiger partial charge < -0.3 is 14.7 Å². The number of morpholine rings is 1. The van der Waals surface area contributed by atoms with Gasteiger partial charge in [0, 0.05) is 19.6 Å². The highest BCUT2D eigenvalue weighted by Crippen LogP contribution is 2.10. The molecule has 2 rings (SSSR count). The summed E-state index contributed by atoms with van der Waals surface area (Å²) in [4.78, 5) is 24.4. The summed E-state index contributed by atoms with van der Waals surface area (Å²) >= 11 is 0. The topological polar surface area (TPSA) is 82.1 Å². The first-order valence-corrected chi connectivity index (χ1v) is 6.31. The van der Waals surface area contributed by atoms with Crippen molar-refractivity contribution < 1.29 is 19.4 Å². The summed E-state index contributed by atoms with van der Waals surface area (Å²) in [6.45, 7) is 2.41. The number of carboxylic acid groups (broad SMARTS) is 1. The van der Waals surface area contributed by atoms with Crippen LogP contribution in [0.4, 0.5) is 4.79 Å². The van der Waals surface area contributed by atoms with E-state index < -0.39 is 12.0 Å². The summed E-state index contributed by atoms with van der Waals surface area (Å²) in [5, 5.41) is 10.9. The smallest absolute Gasteiger partial charge is 0.332 e. The van der Waals surface area contributed by atoms with E-state index >= 15 is 0 Å². The third kappa shape index (κ3) is 3.11. The maximum atomic E-state index is 12.0. The van der Waals surface area contributed by atoms with Crippen molar-refractivity contribution in [2.75, 3.05) is 32.8 Å². The number of hydrazine groups is 1. The van der Waals surface area contributed by atoms with Gasteiger partial charge in [0.05, 0.1) is 13.2 Å². The molecular formula is C11H19N3O4. The van der Waals surface area contributed by atoms with E-state index in [-0.39, 0.29) is 12.6 Å². The molecule has 18 heavy (non-hydrogen) atoms. The lowest BCUT2D eigenvalue weighted by atomic mass is 10.2. The average Bonchev–Trinajstić information content (AvgIpc) is 2.40. The minimum atomic E-state index is -1.02. The van der Waals surface area contributed by atoms with Gasteiger partial charge in [-0.1, -0.05) is 6.42 Å². The second kappa shape index (κ2) is 6.01. The van der Waals surface area contributed by atoms with Gasteiger partial charge in [-0.25, -0.2) is 14.6 Å². The average molecular weight is 257 g/mol. The van der Waals surface area contributed by atoms with Crippen LogP contribution >= 0.6 is 0 Å². The summed E-state index contributed by atoms with van der Waals surface area (Å²) in [6, 6.07) is -1.23. The summed E-state index contributed by atoms with van der Waals surface area (Å²) in [6.07, 6.45) is 3.30. The van der Waals surface area contributed by atoms with Gasteiger partial charge in [-0.2, -0.15) is 0 Å². The van der Waals surface area contributed by atoms with E-state index in [4.69, 9.17) is 9.84 Å². The molecule has 0 aliphatic carbocycles. The zero-order valence-corrected chi connectivity index (χ0v) is 10.3. The molecule has 1 atom stereocenters. The maximum Gasteiger partial charge on any atom is 0.332 e. The molecule has 2 N–H and O–H groups in total. The number of rotatable bonds is 2. The predicted molar refractivity (Wildman–Crippen MR) is 62.9 cm³/mol. The van der Waals surface area contributed by atoms with Crippen LogP contribution in [0.15, 0.2) is 0 Å². The fourth-order valence-corrected chi connectivity index (χ4v) is 2.26. The Bertz CT molecular complexity index is 317. The lowest BCUT2D eigenvalue weighted by Crippen LogP contribution is -2.59. The number of hydrogen-bond donors (Lipinski definition) is 2. The zero-order chi connectivity index (χ0) is 13.0. The SMILES string of the molecule is O=C(O)C1COCCN1C(=O)NN1CCCCC1. The molecule has 2 fully saturated rings. The molecule has 7 nitrogen and oxygen atoms in total. The molecule has 0 aromatic carbocycles. The number of amides is 2. The van der Waals surface area contributed by atoms with E-state index in [1.165, 1.54) is 11.3 Å². The molecule has 2 aliphatic heterocycles. The van der Waals surface area contributed by atoms with Crippen molar-refractivity contribution in [3.63, 3.8) is 0 Å². The van der Waals surface area contributed by atoms with Gasteiger partial charge in [0.1, 0.15) is 0 Å². The van der Waals surface area contributed by atoms with Crippen LogP contribution in [0.2, 0.25) is 0 Å². The highest BCUT2D eigenvalue weighted by molar-refractivity contribution is 5.82. The number of hydrogen-bond acceptors (Lipinski definition) is 4. The molecule has 7 heteroatoms. The Morgan fingerprint density at radius 1 is 1.17 bits per heavy atom. The number of carbonyl (C=O) groups excluding carboxylic acids is 1. The number of carbonyl (C=O) groups is 2. The highest BCUT2D eigenvalue weighted by atomic mass is 16.5. The minimum absolute atomic E-state index is 0.0583. The van der Waals surface area contributed by atoms with E-state index in [2.05, 4.69) is 5.43 Å². The van der Waals surface area contributed by atoms with Crippen molar-refractivity contribution in [2.45, 2.75) is 25.3 Å². The van der Waals surface area contributed by atoms with Crippen LogP contribution in [0.5, 0.6) is 0 Å². The number of ether oxygens (including phenoxy) is 1. The second-order valence-corrected chi connectivity index (χ2v) is 4.59. The van der Waals surface area contributed by atoms with Gasteiger partial charge >= 0.3 is 12.0 Å². The van der Waals surface area contributed by atoms with E-state index in [1.54, 1.807) is 0 Å². The first-order valence-electron chi connectivity index (χ1n) is 6.31. The maximum absolute atomic E-state index is 12.0. The van der Waals surface area contributed by atoms with E-state index in [0.717, 1.165) is 25.9 Å². The Labute approximate surface area is 106 Å². The molecule has 2 heterocycles. The van der Waals surface area contributed by atoms with Crippen molar-refractivity contribution >= 4 is 12.0 Å². The molecule has 0 aromatic rings. The van der Waals surface area contributed by atoms with Gasteiger partial charge in [0.25, 0.3) is 0 Å². The summed E-state index contributed by atoms with van der Waals surface area (Å²) < 4.78 is 5.10. The molecule has 0 bridgehead atoms. The lowest BCUT2D eigenvalue weighted by Gasteiger charge is -2.35. The summed E-state index contributed by atoms with van der Waals surface area (Å²) in [5.74, 6) is -1.02. The van der Waals surface area contributed by atoms with E-state index in [0.29, 0.717) is 13.2 Å². The normalized spacial score (nSPS) is 25.8. The van der Waals surface area contributed by atoms with Crippen molar-refractivity contribution in [1.29, 1.82) is 0 Å². The number of nitrogens with one attached hydrogen (secondary N) is 1. The Morgan fingerprint density at radius 3 is 2.56 bits per heavy atom. The third-order valence-electron chi connectivity index (χ3n) is 3.28. The Balaban J connectivity index is 1.91. The molecule has 0 radical (unpaired) electrons. The molecule has 0 spiro atoms. The van der Waals surface area contributed by atoms with E-state index in [1.807, 2.05) is 5.01 Å². The molecular weight excluding hydrogens is 238 g/mol. The van der Waals surface area contributed by atoms with Gasteiger partial charge in [-0.05, 0) is 12.8 Å². The van der Waals surface area contributed by atoms with Crippen LogP contribution in [0, 0.1) is 0 Å². The second-order valence-electron chi connectivity index (χ2n) is 4.59. The fourth-order valence-electron chi connectivity index (χ4n) is 2.26. The zero-order valence-electron chi connectivity index (χ0n) is 10.3. The van der Waals surface area contributed by atoms with Crippen LogP contribution in [-0.4, -0.2) is 65.9 Å². The monoisotopic (exact) mass is 257 g/mol. The Morgan fingerprint density at radius 2 is 1.89 bits per heavy atom. The number of nitrogens with zero attached hydrogens (tertiary/aromatic N) is 2. The molecule has 2 aliphatic rings. The van der Waals surface area contributed by atoms with Gasteiger partial charge in [-0.15, -0.1) is 0 Å². The minimum Gasteiger partial charge on any atom is -0.480 e. The summed E-state index contributed by atoms with van der Waals surface area (Å²) in [5.41, 5.74) is 2.77. The van der Waals surface area contributed by atoms with Crippen LogP contribution in [0.1, 0.15) is 19.3 Å². The third-order valence-corrected chi connectivity index (χ3v) is 3.28. The number of urea groups is 1. The lowest BCUT2D eigenvalue weighted by molar-refractivity contribution is -0.147. The quantitative estimate of drug-likeness (QED) is 0.721. The van der Waals surface area contributed by atoms with Gasteiger partial charge in [0.15, 0.2) is 6.04 Å². The van der Waals surface area contributed by atoms with Crippen molar-refractivity contribution in [2.24, 2.45) is 0 Å². The molecule has 1 unspecified atom stereocenters. The van der Waals surface area contributed by atoms with E-state index in [9.17, 15) is 9.59 Å². The molecule has 0 saturated carbocycles. The molecule has 2 saturated heterocycles. The van der Waals surface area contributed by atoms with Crippen LogP contribution in [0.3, 0.4) is 0 Å². The number of piperidine rings is 1. The van der Waals surface area contributed by atoms with Gasteiger partial charge in [0.2, 0.25) is 0 Å². The first-order chi connectivity index (χ1) is 8.68. The fraction of sp³-hybridized carbons (Fsp3) is 0.818. The largest absolute Gasteiger partial charge is 0.480 e. The molecule has 0 aromatic heterocycles. The van der Waals surface area contributed by atoms with Crippen LogP contribution in [-0.2, 0) is 9.53 Å². The van der Waals surface area contributed by atoms with Gasteiger partial charge in [-0.3, -0.25) is 5.43 Å². The van der Waals surface area contributed by atoms with Crippen molar-refractivity contribution in [1.82, 2.24) is 15.3 Å². The van der Waals surface area contributed by atoms with Crippen molar-refractivity contribution in [3.05, 3.63) is 0 Å². The number of carboxylic acids is 1. The highest BCUT2D eigenvalue weighted by Gasteiger charge is 2.33. The van der Waals surface area contributed by atoms with Crippen LogP contribution in [0.25, 0.3) is 0 Å². The standard InChI is InChI=1S/C11H19N3O4/c15-10(16)9-8-18-7-6-14(9)11(17)12-13-4-2-1-3-5-13/h9H,1-8H2,(H,12,17)(H,15,16). The predicted octanol–water partition coefficient (Wildman–Crippen LogP) is -0.118. The Kier molecular flexibility index (Phi) is 4.38. The Hall–Kier alpha value is -1.34. The summed E-state index contributed by atoms with van der Waals surface area (Å²) in [7, 11) is 0.